The first kappa shape index (κ1) is 19.2. The molecule has 1 aromatic carbocycles. The molecule has 0 aliphatic heterocycles. The Bertz CT molecular complexity index is 547. The molecular weight excluding hydrogens is 292 g/mol. The van der Waals surface area contributed by atoms with Crippen LogP contribution in [-0.2, 0) is 4.79 Å². The largest absolute Gasteiger partial charge is 0.493 e. The fourth-order valence-electron chi connectivity index (χ4n) is 2.44. The topological polar surface area (TPSA) is 63.6 Å². The van der Waals surface area contributed by atoms with Gasteiger partial charge in [-0.25, -0.2) is 0 Å². The highest BCUT2D eigenvalue weighted by atomic mass is 16.5. The molecule has 0 saturated carbocycles. The van der Waals surface area contributed by atoms with E-state index in [0.29, 0.717) is 18.6 Å². The maximum absolute atomic E-state index is 12.4. The molecule has 0 unspecified atom stereocenters. The van der Waals surface area contributed by atoms with E-state index in [1.165, 1.54) is 0 Å². The average Bonchev–Trinajstić information content (AvgIpc) is 2.46. The van der Waals surface area contributed by atoms with Gasteiger partial charge in [0, 0.05) is 18.4 Å². The van der Waals surface area contributed by atoms with E-state index in [-0.39, 0.29) is 24.5 Å². The molecule has 128 valence electrons. The van der Waals surface area contributed by atoms with E-state index < -0.39 is 5.97 Å². The summed E-state index contributed by atoms with van der Waals surface area (Å²) in [5.41, 5.74) is 2.61. The summed E-state index contributed by atoms with van der Waals surface area (Å²) in [7, 11) is 0. The third kappa shape index (κ3) is 6.05. The van der Waals surface area contributed by atoms with Gasteiger partial charge < -0.3 is 9.84 Å². The summed E-state index contributed by atoms with van der Waals surface area (Å²) in [5, 5.41) is 8.68. The summed E-state index contributed by atoms with van der Waals surface area (Å²) in [6, 6.07) is 3.86. The van der Waals surface area contributed by atoms with E-state index >= 15 is 0 Å². The summed E-state index contributed by atoms with van der Waals surface area (Å²) in [6.45, 7) is 8.87. The second kappa shape index (κ2) is 9.33. The molecule has 0 atom stereocenters. The molecule has 0 fully saturated rings. The third-order valence-electron chi connectivity index (χ3n) is 3.83. The van der Waals surface area contributed by atoms with Crippen molar-refractivity contribution in [1.82, 2.24) is 0 Å². The Morgan fingerprint density at radius 3 is 2.43 bits per heavy atom. The SMILES string of the molecule is CCCCOc1cc(C)c(C(=O)CCCC(=O)O)cc1C(C)C. The molecule has 0 spiro atoms. The maximum atomic E-state index is 12.4. The zero-order valence-corrected chi connectivity index (χ0v) is 14.6. The number of ether oxygens (including phenoxy) is 1. The monoisotopic (exact) mass is 320 g/mol. The van der Waals surface area contributed by atoms with Crippen LogP contribution in [0.25, 0.3) is 0 Å². The number of aryl methyl sites for hydroxylation is 1. The van der Waals surface area contributed by atoms with E-state index in [4.69, 9.17) is 9.84 Å². The van der Waals surface area contributed by atoms with Gasteiger partial charge in [-0.05, 0) is 48.9 Å². The zero-order chi connectivity index (χ0) is 17.4. The molecule has 0 radical (unpaired) electrons. The maximum Gasteiger partial charge on any atom is 0.303 e. The fraction of sp³-hybridized carbons (Fsp3) is 0.579. The Morgan fingerprint density at radius 2 is 1.87 bits per heavy atom. The number of ketones is 1. The van der Waals surface area contributed by atoms with Gasteiger partial charge in [0.2, 0.25) is 0 Å². The van der Waals surface area contributed by atoms with Crippen LogP contribution in [0.4, 0.5) is 0 Å². The molecule has 0 heterocycles. The van der Waals surface area contributed by atoms with Crippen molar-refractivity contribution in [2.24, 2.45) is 0 Å². The molecule has 0 aliphatic rings. The highest BCUT2D eigenvalue weighted by Crippen LogP contribution is 2.30. The molecule has 1 rings (SSSR count). The van der Waals surface area contributed by atoms with Gasteiger partial charge in [-0.2, -0.15) is 0 Å². The number of carboxylic acids is 1. The van der Waals surface area contributed by atoms with Crippen LogP contribution in [0.1, 0.15) is 80.3 Å². The first-order valence-corrected chi connectivity index (χ1v) is 8.39. The van der Waals surface area contributed by atoms with Crippen molar-refractivity contribution < 1.29 is 19.4 Å². The molecule has 0 bridgehead atoms. The summed E-state index contributed by atoms with van der Waals surface area (Å²) >= 11 is 0. The molecule has 4 nitrogen and oxygen atoms in total. The second-order valence-corrected chi connectivity index (χ2v) is 6.23. The smallest absolute Gasteiger partial charge is 0.303 e. The number of carbonyl (C=O) groups excluding carboxylic acids is 1. The Kier molecular flexibility index (Phi) is 7.79. The molecule has 1 N–H and O–H groups in total. The van der Waals surface area contributed by atoms with Crippen molar-refractivity contribution >= 4 is 11.8 Å². The lowest BCUT2D eigenvalue weighted by molar-refractivity contribution is -0.137. The summed E-state index contributed by atoms with van der Waals surface area (Å²) in [6.07, 6.45) is 2.75. The molecule has 0 amide bonds. The van der Waals surface area contributed by atoms with Gasteiger partial charge in [0.05, 0.1) is 6.61 Å². The Labute approximate surface area is 138 Å². The van der Waals surface area contributed by atoms with Crippen molar-refractivity contribution in [1.29, 1.82) is 0 Å². The fourth-order valence-corrected chi connectivity index (χ4v) is 2.44. The predicted octanol–water partition coefficient (Wildman–Crippen LogP) is 4.73. The highest BCUT2D eigenvalue weighted by molar-refractivity contribution is 5.98. The number of carboxylic acid groups (broad SMARTS) is 1. The van der Waals surface area contributed by atoms with Crippen LogP contribution in [0, 0.1) is 6.92 Å². The summed E-state index contributed by atoms with van der Waals surface area (Å²) in [4.78, 5) is 22.9. The predicted molar refractivity (Wildman–Crippen MR) is 91.5 cm³/mol. The standard InChI is InChI=1S/C19H28O4/c1-5-6-10-23-18-11-14(4)16(12-15(18)13(2)3)17(20)8-7-9-19(21)22/h11-13H,5-10H2,1-4H3,(H,21,22). The molecule has 23 heavy (non-hydrogen) atoms. The highest BCUT2D eigenvalue weighted by Gasteiger charge is 2.16. The average molecular weight is 320 g/mol. The van der Waals surface area contributed by atoms with Gasteiger partial charge >= 0.3 is 5.97 Å². The van der Waals surface area contributed by atoms with Crippen LogP contribution in [-0.4, -0.2) is 23.5 Å². The van der Waals surface area contributed by atoms with Crippen molar-refractivity contribution in [2.75, 3.05) is 6.61 Å². The number of Topliss-reactive ketones (excluding diaryl/α,β-unsaturated/α-hetero) is 1. The minimum Gasteiger partial charge on any atom is -0.493 e. The summed E-state index contributed by atoms with van der Waals surface area (Å²) < 4.78 is 5.88. The first-order valence-electron chi connectivity index (χ1n) is 8.39. The second-order valence-electron chi connectivity index (χ2n) is 6.23. The van der Waals surface area contributed by atoms with Gasteiger partial charge in [-0.1, -0.05) is 27.2 Å². The molecular formula is C19H28O4. The Balaban J connectivity index is 2.94. The van der Waals surface area contributed by atoms with Crippen LogP contribution in [0.3, 0.4) is 0 Å². The number of aliphatic carboxylic acids is 1. The lowest BCUT2D eigenvalue weighted by Crippen LogP contribution is -2.08. The van der Waals surface area contributed by atoms with Crippen LogP contribution < -0.4 is 4.74 Å². The third-order valence-corrected chi connectivity index (χ3v) is 3.83. The number of unbranched alkanes of at least 4 members (excludes halogenated alkanes) is 1. The van der Waals surface area contributed by atoms with Crippen molar-refractivity contribution in [3.8, 4) is 5.75 Å². The molecule has 0 saturated heterocycles. The van der Waals surface area contributed by atoms with Crippen LogP contribution in [0.2, 0.25) is 0 Å². The van der Waals surface area contributed by atoms with Gasteiger partial charge in [0.25, 0.3) is 0 Å². The number of hydrogen-bond donors (Lipinski definition) is 1. The number of rotatable bonds is 10. The van der Waals surface area contributed by atoms with Gasteiger partial charge in [-0.3, -0.25) is 9.59 Å². The van der Waals surface area contributed by atoms with E-state index in [1.807, 2.05) is 19.1 Å². The van der Waals surface area contributed by atoms with Crippen LogP contribution in [0.5, 0.6) is 5.75 Å². The lowest BCUT2D eigenvalue weighted by atomic mass is 9.93. The minimum absolute atomic E-state index is 0.00533. The van der Waals surface area contributed by atoms with Gasteiger partial charge in [0.15, 0.2) is 5.78 Å². The molecule has 4 heteroatoms. The molecule has 0 aromatic heterocycles. The minimum atomic E-state index is -0.864. The van der Waals surface area contributed by atoms with E-state index in [9.17, 15) is 9.59 Å². The Morgan fingerprint density at radius 1 is 1.17 bits per heavy atom. The van der Waals surface area contributed by atoms with Crippen molar-refractivity contribution in [2.45, 2.75) is 65.7 Å². The quantitative estimate of drug-likeness (QED) is 0.500. The van der Waals surface area contributed by atoms with E-state index in [0.717, 1.165) is 29.7 Å². The van der Waals surface area contributed by atoms with Crippen molar-refractivity contribution in [3.63, 3.8) is 0 Å². The Hall–Kier alpha value is -1.84. The zero-order valence-electron chi connectivity index (χ0n) is 14.6. The van der Waals surface area contributed by atoms with E-state index in [2.05, 4.69) is 20.8 Å². The number of carbonyl (C=O) groups is 2. The number of hydrogen-bond acceptors (Lipinski definition) is 3. The number of benzene rings is 1. The summed E-state index contributed by atoms with van der Waals surface area (Å²) in [5.74, 6) is 0.258. The van der Waals surface area contributed by atoms with Gasteiger partial charge in [0.1, 0.15) is 5.75 Å². The van der Waals surface area contributed by atoms with Gasteiger partial charge in [-0.15, -0.1) is 0 Å². The molecule has 0 aliphatic carbocycles. The first-order chi connectivity index (χ1) is 10.9. The normalized spacial score (nSPS) is 10.8. The molecule has 1 aromatic rings. The van der Waals surface area contributed by atoms with E-state index in [1.54, 1.807) is 0 Å². The van der Waals surface area contributed by atoms with Crippen LogP contribution in [0.15, 0.2) is 12.1 Å². The lowest BCUT2D eigenvalue weighted by Gasteiger charge is -2.17. The van der Waals surface area contributed by atoms with Crippen molar-refractivity contribution in [3.05, 3.63) is 28.8 Å². The van der Waals surface area contributed by atoms with Crippen LogP contribution >= 0.6 is 0 Å².